The van der Waals surface area contributed by atoms with Crippen molar-refractivity contribution >= 4 is 69.5 Å². The number of benzene rings is 1. The Morgan fingerprint density at radius 2 is 1.49 bits per heavy atom. The maximum Gasteiger partial charge on any atom is 0.391 e. The van der Waals surface area contributed by atoms with Crippen LogP contribution in [0.25, 0.3) is 11.2 Å². The number of nitrogens with one attached hydrogen (secondary N) is 3. The molecule has 0 unspecified atom stereocenters. The average Bonchev–Trinajstić information content (AvgIpc) is 3.43. The van der Waals surface area contributed by atoms with E-state index >= 15 is 0 Å². The van der Waals surface area contributed by atoms with Gasteiger partial charge in [0, 0.05) is 45.2 Å². The first kappa shape index (κ1) is 42.2. The van der Waals surface area contributed by atoms with Crippen molar-refractivity contribution in [2.75, 3.05) is 37.4 Å². The van der Waals surface area contributed by atoms with Crippen LogP contribution in [0.5, 0.6) is 0 Å². The second-order valence-electron chi connectivity index (χ2n) is 15.3. The van der Waals surface area contributed by atoms with Gasteiger partial charge in [0.15, 0.2) is 5.65 Å². The highest BCUT2D eigenvalue weighted by Crippen LogP contribution is 2.40. The van der Waals surface area contributed by atoms with E-state index in [4.69, 9.17) is 28.2 Å². The topological polar surface area (TPSA) is 124 Å². The second kappa shape index (κ2) is 16.2. The van der Waals surface area contributed by atoms with Crippen LogP contribution in [-0.2, 0) is 22.7 Å². The first-order valence-electron chi connectivity index (χ1n) is 17.9. The van der Waals surface area contributed by atoms with Gasteiger partial charge in [0.1, 0.15) is 17.9 Å². The molecule has 3 heterocycles. The second-order valence-corrected chi connectivity index (χ2v) is 16.1. The van der Waals surface area contributed by atoms with E-state index in [-0.39, 0.29) is 121 Å². The highest BCUT2D eigenvalue weighted by atomic mass is 35.5. The predicted molar refractivity (Wildman–Crippen MR) is 198 cm³/mol. The zero-order valence-corrected chi connectivity index (χ0v) is 32.5. The van der Waals surface area contributed by atoms with E-state index in [2.05, 4.69) is 20.9 Å². The molecule has 0 bridgehead atoms. The molecule has 1 aliphatic heterocycles. The number of hydrogen-bond acceptors (Lipinski definition) is 7. The van der Waals surface area contributed by atoms with Gasteiger partial charge in [0.2, 0.25) is 17.8 Å². The van der Waals surface area contributed by atoms with Crippen molar-refractivity contribution in [1.82, 2.24) is 30.1 Å². The average molecular weight is 822 g/mol. The van der Waals surface area contributed by atoms with Crippen molar-refractivity contribution in [2.45, 2.75) is 90.8 Å². The Balaban J connectivity index is 1.56. The maximum atomic E-state index is 13.9. The van der Waals surface area contributed by atoms with E-state index in [1.54, 1.807) is 51.9 Å². The van der Waals surface area contributed by atoms with Crippen molar-refractivity contribution in [2.24, 2.45) is 17.3 Å². The summed E-state index contributed by atoms with van der Waals surface area (Å²) in [6, 6.07) is 4.06. The third kappa shape index (κ3) is 9.88. The third-order valence-corrected chi connectivity index (χ3v) is 10.8. The lowest BCUT2D eigenvalue weighted by Crippen LogP contribution is -2.42. The normalized spacial score (nSPS) is 18.7. The van der Waals surface area contributed by atoms with Gasteiger partial charge in [-0.25, -0.2) is 9.97 Å². The Bertz CT molecular complexity index is 1910. The van der Waals surface area contributed by atoms with Crippen LogP contribution >= 0.6 is 23.2 Å². The molecule has 0 radical (unpaired) electrons. The SMILES string of the molecule is CN(C)C(=O)Cn1c(Nc2c(Cl)ccc(CNC(=O)C(C)(C)C)c2Cl)nc2cc(C(=O)N[C@H]3CC[C@H](C(F)(F)F)CC3)c(N3CCC(C(F)(F)F)CC3)nc21. The first-order chi connectivity index (χ1) is 25.5. The molecule has 2 fully saturated rings. The van der Waals surface area contributed by atoms with E-state index in [1.165, 1.54) is 15.5 Å². The van der Waals surface area contributed by atoms with Gasteiger partial charge in [0.25, 0.3) is 5.91 Å². The van der Waals surface area contributed by atoms with Gasteiger partial charge in [0.05, 0.1) is 33.1 Å². The number of carbonyl (C=O) groups excluding carboxylic acids is 3. The molecule has 55 heavy (non-hydrogen) atoms. The minimum absolute atomic E-state index is 0.0290. The standard InChI is InChI=1S/C36H44Cl2F6N8O3/c1-34(2,3)32(55)45-17-19-6-11-24(37)28(27(19)38)48-33-47-25-16-23(31(54)46-22-9-7-20(8-10-22)35(39,40)41)29(49-30(25)52(33)18-26(53)50(4)5)51-14-12-21(13-15-51)36(42,43)44/h6,11,16,20-22H,7-10,12-15,17-18H2,1-5H3,(H,45,55)(H,46,54)(H,47,48)/t20-,22-. The van der Waals surface area contributed by atoms with Crippen molar-refractivity contribution in [3.63, 3.8) is 0 Å². The summed E-state index contributed by atoms with van der Waals surface area (Å²) in [7, 11) is 3.10. The lowest BCUT2D eigenvalue weighted by molar-refractivity contribution is -0.182. The van der Waals surface area contributed by atoms with Crippen molar-refractivity contribution in [3.8, 4) is 0 Å². The maximum absolute atomic E-state index is 13.9. The Kier molecular flexibility index (Phi) is 12.4. The Morgan fingerprint density at radius 3 is 2.05 bits per heavy atom. The Labute approximate surface area is 324 Å². The van der Waals surface area contributed by atoms with Gasteiger partial charge >= 0.3 is 12.4 Å². The summed E-state index contributed by atoms with van der Waals surface area (Å²) < 4.78 is 82.3. The lowest BCUT2D eigenvalue weighted by atomic mass is 9.85. The predicted octanol–water partition coefficient (Wildman–Crippen LogP) is 7.86. The van der Waals surface area contributed by atoms with E-state index in [1.807, 2.05) is 0 Å². The Hall–Kier alpha value is -3.99. The highest BCUT2D eigenvalue weighted by Gasteiger charge is 2.43. The summed E-state index contributed by atoms with van der Waals surface area (Å²) in [5.41, 5.74) is 0.277. The highest BCUT2D eigenvalue weighted by molar-refractivity contribution is 6.39. The monoisotopic (exact) mass is 820 g/mol. The van der Waals surface area contributed by atoms with Crippen molar-refractivity contribution in [3.05, 3.63) is 39.4 Å². The van der Waals surface area contributed by atoms with Gasteiger partial charge in [-0.15, -0.1) is 0 Å². The molecular formula is C36H44Cl2F6N8O3. The van der Waals surface area contributed by atoms with Crippen LogP contribution < -0.4 is 20.9 Å². The van der Waals surface area contributed by atoms with Gasteiger partial charge < -0.3 is 25.8 Å². The van der Waals surface area contributed by atoms with Crippen molar-refractivity contribution in [1.29, 1.82) is 0 Å². The number of fused-ring (bicyclic) bond motifs is 1. The fourth-order valence-corrected chi connectivity index (χ4v) is 7.15. The van der Waals surface area contributed by atoms with Crippen LogP contribution in [0.15, 0.2) is 18.2 Å². The molecule has 302 valence electrons. The number of halogens is 8. The van der Waals surface area contributed by atoms with Crippen LogP contribution in [-0.4, -0.2) is 82.7 Å². The van der Waals surface area contributed by atoms with Crippen LogP contribution in [0.4, 0.5) is 43.8 Å². The van der Waals surface area contributed by atoms with Crippen LogP contribution in [0.2, 0.25) is 10.0 Å². The summed E-state index contributed by atoms with van der Waals surface area (Å²) in [6.45, 7) is 4.89. The summed E-state index contributed by atoms with van der Waals surface area (Å²) in [5.74, 6) is -4.16. The number of hydrogen-bond donors (Lipinski definition) is 3. The van der Waals surface area contributed by atoms with Crippen LogP contribution in [0.1, 0.15) is 75.2 Å². The number of likely N-dealkylation sites (N-methyl/N-ethyl adjacent to an activating group) is 1. The van der Waals surface area contributed by atoms with Gasteiger partial charge in [-0.05, 0) is 56.2 Å². The van der Waals surface area contributed by atoms with Crippen LogP contribution in [0.3, 0.4) is 0 Å². The zero-order valence-electron chi connectivity index (χ0n) is 31.0. The molecule has 1 aromatic carbocycles. The molecule has 5 rings (SSSR count). The Morgan fingerprint density at radius 1 is 0.891 bits per heavy atom. The number of alkyl halides is 6. The lowest BCUT2D eigenvalue weighted by Gasteiger charge is -2.35. The summed E-state index contributed by atoms with van der Waals surface area (Å²) in [5, 5.41) is 9.06. The van der Waals surface area contributed by atoms with Gasteiger partial charge in [-0.2, -0.15) is 26.3 Å². The molecule has 11 nitrogen and oxygen atoms in total. The smallest absolute Gasteiger partial charge is 0.356 e. The zero-order chi connectivity index (χ0) is 40.6. The first-order valence-corrected chi connectivity index (χ1v) is 18.6. The van der Waals surface area contributed by atoms with Gasteiger partial charge in [-0.1, -0.05) is 50.0 Å². The number of pyridine rings is 1. The number of carbonyl (C=O) groups is 3. The van der Waals surface area contributed by atoms with E-state index in [9.17, 15) is 40.7 Å². The quantitative estimate of drug-likeness (QED) is 0.188. The number of nitrogens with zero attached hydrogens (tertiary/aromatic N) is 5. The molecule has 3 N–H and O–H groups in total. The number of amides is 3. The molecule has 3 amide bonds. The number of anilines is 3. The van der Waals surface area contributed by atoms with Gasteiger partial charge in [-0.3, -0.25) is 19.0 Å². The molecule has 2 aromatic heterocycles. The summed E-state index contributed by atoms with van der Waals surface area (Å²) >= 11 is 13.4. The molecule has 0 atom stereocenters. The van der Waals surface area contributed by atoms with Crippen LogP contribution in [0, 0.1) is 17.3 Å². The molecule has 2 aliphatic rings. The number of imidazole rings is 1. The third-order valence-electron chi connectivity index (χ3n) is 10.0. The molecule has 1 aliphatic carbocycles. The number of piperidine rings is 1. The summed E-state index contributed by atoms with van der Waals surface area (Å²) in [6.07, 6.45) is -9.36. The minimum Gasteiger partial charge on any atom is -0.356 e. The molecule has 1 saturated carbocycles. The molecule has 0 spiro atoms. The fraction of sp³-hybridized carbons (Fsp3) is 0.583. The van der Waals surface area contributed by atoms with E-state index < -0.39 is 41.6 Å². The molecule has 3 aromatic rings. The molecule has 19 heteroatoms. The van der Waals surface area contributed by atoms with Crippen molar-refractivity contribution < 1.29 is 40.7 Å². The largest absolute Gasteiger partial charge is 0.391 e. The molecule has 1 saturated heterocycles. The molecular weight excluding hydrogens is 777 g/mol. The summed E-state index contributed by atoms with van der Waals surface area (Å²) in [4.78, 5) is 52.0. The number of aromatic nitrogens is 3. The fourth-order valence-electron chi connectivity index (χ4n) is 6.62. The number of rotatable bonds is 9. The minimum atomic E-state index is -4.40. The van der Waals surface area contributed by atoms with E-state index in [0.717, 1.165) is 0 Å². The van der Waals surface area contributed by atoms with E-state index in [0.29, 0.717) is 5.56 Å².